The van der Waals surface area contributed by atoms with Crippen LogP contribution in [0.3, 0.4) is 0 Å². The number of nitrogens with one attached hydrogen (secondary N) is 2. The van der Waals surface area contributed by atoms with E-state index in [2.05, 4.69) is 22.8 Å². The van der Waals surface area contributed by atoms with Crippen LogP contribution in [0.15, 0.2) is 24.3 Å². The molecule has 1 saturated heterocycles. The summed E-state index contributed by atoms with van der Waals surface area (Å²) in [7, 11) is 1.67. The molecule has 6 heteroatoms. The highest BCUT2D eigenvalue weighted by Crippen LogP contribution is 2.48. The van der Waals surface area contributed by atoms with Crippen LogP contribution in [0.5, 0.6) is 0 Å². The lowest BCUT2D eigenvalue weighted by molar-refractivity contribution is -0.136. The third kappa shape index (κ3) is 4.05. The highest BCUT2D eigenvalue weighted by Gasteiger charge is 2.46. The third-order valence-corrected chi connectivity index (χ3v) is 5.61. The summed E-state index contributed by atoms with van der Waals surface area (Å²) < 4.78 is 5.35. The molecule has 0 spiro atoms. The molecule has 2 fully saturated rings. The van der Waals surface area contributed by atoms with Crippen molar-refractivity contribution in [3.8, 4) is 0 Å². The molecule has 1 aliphatic carbocycles. The van der Waals surface area contributed by atoms with Gasteiger partial charge in [-0.05, 0) is 56.5 Å². The van der Waals surface area contributed by atoms with E-state index in [0.717, 1.165) is 43.8 Å². The summed E-state index contributed by atoms with van der Waals surface area (Å²) in [5, 5.41) is 7.29. The van der Waals surface area contributed by atoms with Crippen molar-refractivity contribution in [1.82, 2.24) is 10.6 Å². The zero-order valence-corrected chi connectivity index (χ0v) is 15.6. The number of hydrogen-bond donors (Lipinski definition) is 2. The molecule has 2 N–H and O–H groups in total. The van der Waals surface area contributed by atoms with Crippen LogP contribution in [-0.2, 0) is 14.9 Å². The molecule has 0 unspecified atom stereocenters. The van der Waals surface area contributed by atoms with Gasteiger partial charge in [0.1, 0.15) is 0 Å². The van der Waals surface area contributed by atoms with Crippen LogP contribution in [0, 0.1) is 5.41 Å². The summed E-state index contributed by atoms with van der Waals surface area (Å²) >= 11 is 5.97. The van der Waals surface area contributed by atoms with Gasteiger partial charge in [-0.25, -0.2) is 0 Å². The molecule has 24 heavy (non-hydrogen) atoms. The van der Waals surface area contributed by atoms with E-state index in [1.807, 2.05) is 12.1 Å². The van der Waals surface area contributed by atoms with Crippen LogP contribution in [0.1, 0.15) is 31.2 Å². The zero-order valence-electron chi connectivity index (χ0n) is 14.1. The SMILES string of the molecule is COCC1(C(=O)NCC2(c3ccc(Cl)cc3)CC2)CCNCC1.Cl. The van der Waals surface area contributed by atoms with Gasteiger partial charge in [0.05, 0.1) is 12.0 Å². The fourth-order valence-corrected chi connectivity index (χ4v) is 3.70. The zero-order chi connectivity index (χ0) is 16.3. The van der Waals surface area contributed by atoms with Gasteiger partial charge in [-0.15, -0.1) is 12.4 Å². The lowest BCUT2D eigenvalue weighted by Crippen LogP contribution is -2.51. The molecule has 1 heterocycles. The van der Waals surface area contributed by atoms with E-state index in [9.17, 15) is 4.79 Å². The molecule has 134 valence electrons. The summed E-state index contributed by atoms with van der Waals surface area (Å²) in [6.45, 7) is 2.94. The van der Waals surface area contributed by atoms with Crippen molar-refractivity contribution in [2.75, 3.05) is 33.4 Å². The average molecular weight is 373 g/mol. The highest BCUT2D eigenvalue weighted by atomic mass is 35.5. The third-order valence-electron chi connectivity index (χ3n) is 5.36. The highest BCUT2D eigenvalue weighted by molar-refractivity contribution is 6.30. The number of benzene rings is 1. The van der Waals surface area contributed by atoms with Crippen molar-refractivity contribution in [2.45, 2.75) is 31.1 Å². The van der Waals surface area contributed by atoms with Gasteiger partial charge < -0.3 is 15.4 Å². The predicted molar refractivity (Wildman–Crippen MR) is 99.0 cm³/mol. The Balaban J connectivity index is 0.00000208. The number of methoxy groups -OCH3 is 1. The van der Waals surface area contributed by atoms with Gasteiger partial charge >= 0.3 is 0 Å². The molecular formula is C18H26Cl2N2O2. The number of halogens is 2. The summed E-state index contributed by atoms with van der Waals surface area (Å²) in [5.41, 5.74) is 0.991. The standard InChI is InChI=1S/C18H25ClN2O2.ClH/c1-23-13-18(8-10-20-11-9-18)16(22)21-12-17(6-7-17)14-2-4-15(19)5-3-14;/h2-5,20H,6-13H2,1H3,(H,21,22);1H. The lowest BCUT2D eigenvalue weighted by atomic mass is 9.78. The van der Waals surface area contributed by atoms with Crippen LogP contribution < -0.4 is 10.6 Å². The molecule has 0 aromatic heterocycles. The molecule has 1 aliphatic heterocycles. The number of rotatable bonds is 6. The van der Waals surface area contributed by atoms with Gasteiger partial charge in [-0.2, -0.15) is 0 Å². The first-order valence-electron chi connectivity index (χ1n) is 8.34. The monoisotopic (exact) mass is 372 g/mol. The van der Waals surface area contributed by atoms with Crippen LogP contribution in [0.25, 0.3) is 0 Å². The summed E-state index contributed by atoms with van der Waals surface area (Å²) in [5.74, 6) is 0.140. The van der Waals surface area contributed by atoms with E-state index in [0.29, 0.717) is 13.2 Å². The molecule has 4 nitrogen and oxygen atoms in total. The lowest BCUT2D eigenvalue weighted by Gasteiger charge is -2.36. The molecule has 0 radical (unpaired) electrons. The predicted octanol–water partition coefficient (Wildman–Crippen LogP) is 2.93. The Hall–Kier alpha value is -0.810. The van der Waals surface area contributed by atoms with Crippen molar-refractivity contribution in [2.24, 2.45) is 5.41 Å². The second-order valence-electron chi connectivity index (χ2n) is 6.93. The first kappa shape index (κ1) is 19.5. The summed E-state index contributed by atoms with van der Waals surface area (Å²) in [6.07, 6.45) is 3.91. The molecule has 0 bridgehead atoms. The minimum atomic E-state index is -0.379. The molecular weight excluding hydrogens is 347 g/mol. The van der Waals surface area contributed by atoms with Gasteiger partial charge in [0, 0.05) is 24.1 Å². The van der Waals surface area contributed by atoms with Gasteiger partial charge in [0.15, 0.2) is 0 Å². The molecule has 3 rings (SSSR count). The Morgan fingerprint density at radius 2 is 1.83 bits per heavy atom. The van der Waals surface area contributed by atoms with Crippen LogP contribution in [0.2, 0.25) is 5.02 Å². The number of piperidine rings is 1. The van der Waals surface area contributed by atoms with E-state index in [1.165, 1.54) is 5.56 Å². The van der Waals surface area contributed by atoms with Crippen molar-refractivity contribution >= 4 is 29.9 Å². The fourth-order valence-electron chi connectivity index (χ4n) is 3.58. The van der Waals surface area contributed by atoms with E-state index in [1.54, 1.807) is 7.11 Å². The van der Waals surface area contributed by atoms with E-state index < -0.39 is 0 Å². The van der Waals surface area contributed by atoms with Crippen molar-refractivity contribution < 1.29 is 9.53 Å². The minimum absolute atomic E-state index is 0. The summed E-state index contributed by atoms with van der Waals surface area (Å²) in [6, 6.07) is 8.02. The van der Waals surface area contributed by atoms with E-state index in [-0.39, 0.29) is 29.1 Å². The van der Waals surface area contributed by atoms with Crippen LogP contribution in [-0.4, -0.2) is 39.3 Å². The Labute approximate surface area is 155 Å². The molecule has 1 amide bonds. The minimum Gasteiger partial charge on any atom is -0.384 e. The first-order chi connectivity index (χ1) is 11.1. The van der Waals surface area contributed by atoms with Gasteiger partial charge in [0.25, 0.3) is 0 Å². The Bertz CT molecular complexity index is 547. The van der Waals surface area contributed by atoms with Gasteiger partial charge in [-0.3, -0.25) is 4.79 Å². The second-order valence-corrected chi connectivity index (χ2v) is 7.37. The maximum absolute atomic E-state index is 12.8. The maximum atomic E-state index is 12.8. The second kappa shape index (κ2) is 8.05. The van der Waals surface area contributed by atoms with Gasteiger partial charge in [-0.1, -0.05) is 23.7 Å². The van der Waals surface area contributed by atoms with Gasteiger partial charge in [0.2, 0.25) is 5.91 Å². The van der Waals surface area contributed by atoms with Crippen LogP contribution >= 0.6 is 24.0 Å². The largest absolute Gasteiger partial charge is 0.384 e. The van der Waals surface area contributed by atoms with E-state index >= 15 is 0 Å². The number of carbonyl (C=O) groups excluding carboxylic acids is 1. The molecule has 1 saturated carbocycles. The Morgan fingerprint density at radius 3 is 2.38 bits per heavy atom. The Morgan fingerprint density at radius 1 is 1.21 bits per heavy atom. The van der Waals surface area contributed by atoms with Crippen molar-refractivity contribution in [1.29, 1.82) is 0 Å². The topological polar surface area (TPSA) is 50.4 Å². The molecule has 2 aliphatic rings. The fraction of sp³-hybridized carbons (Fsp3) is 0.611. The van der Waals surface area contributed by atoms with Crippen molar-refractivity contribution in [3.63, 3.8) is 0 Å². The first-order valence-corrected chi connectivity index (χ1v) is 8.72. The average Bonchev–Trinajstić information content (AvgIpc) is 3.35. The Kier molecular flexibility index (Phi) is 6.54. The molecule has 1 aromatic rings. The van der Waals surface area contributed by atoms with E-state index in [4.69, 9.17) is 16.3 Å². The smallest absolute Gasteiger partial charge is 0.228 e. The summed E-state index contributed by atoms with van der Waals surface area (Å²) in [4.78, 5) is 12.8. The maximum Gasteiger partial charge on any atom is 0.228 e. The van der Waals surface area contributed by atoms with Crippen molar-refractivity contribution in [3.05, 3.63) is 34.9 Å². The number of amides is 1. The quantitative estimate of drug-likeness (QED) is 0.806. The molecule has 1 aromatic carbocycles. The van der Waals surface area contributed by atoms with Crippen LogP contribution in [0.4, 0.5) is 0 Å². The molecule has 0 atom stereocenters. The number of carbonyl (C=O) groups is 1. The normalized spacial score (nSPS) is 20.8. The number of ether oxygens (including phenoxy) is 1. The number of hydrogen-bond acceptors (Lipinski definition) is 3.